The molecule has 0 aliphatic heterocycles. The Morgan fingerprint density at radius 3 is 2.84 bits per heavy atom. The molecule has 0 saturated carbocycles. The lowest BCUT2D eigenvalue weighted by atomic mass is 10.1. The molecule has 0 spiro atoms. The van der Waals surface area contributed by atoms with Crippen LogP contribution in [0.3, 0.4) is 0 Å². The Balaban J connectivity index is 2.54. The van der Waals surface area contributed by atoms with E-state index in [2.05, 4.69) is 10.1 Å². The number of rotatable bonds is 8. The predicted molar refractivity (Wildman–Crippen MR) is 74.7 cm³/mol. The molecule has 0 saturated heterocycles. The largest absolute Gasteiger partial charge is 0.469 e. The van der Waals surface area contributed by atoms with Gasteiger partial charge in [0.1, 0.15) is 0 Å². The number of hydrogen-bond acceptors (Lipinski definition) is 5. The van der Waals surface area contributed by atoms with Gasteiger partial charge in [0, 0.05) is 11.3 Å². The van der Waals surface area contributed by atoms with Crippen LogP contribution >= 0.6 is 11.3 Å². The summed E-state index contributed by atoms with van der Waals surface area (Å²) in [5, 5.41) is 4.79. The van der Waals surface area contributed by atoms with E-state index in [1.54, 1.807) is 0 Å². The summed E-state index contributed by atoms with van der Waals surface area (Å²) >= 11 is 1.51. The number of nitrogens with two attached hydrogens (primary N) is 1. The molecule has 1 unspecified atom stereocenters. The molecule has 0 bridgehead atoms. The highest BCUT2D eigenvalue weighted by atomic mass is 32.1. The zero-order chi connectivity index (χ0) is 14.1. The molecule has 5 nitrogen and oxygen atoms in total. The molecular weight excluding hydrogens is 264 g/mol. The summed E-state index contributed by atoms with van der Waals surface area (Å²) in [5.41, 5.74) is 5.39. The average molecular weight is 284 g/mol. The monoisotopic (exact) mass is 284 g/mol. The topological polar surface area (TPSA) is 81.4 Å². The van der Waals surface area contributed by atoms with Gasteiger partial charge in [-0.2, -0.15) is 0 Å². The minimum atomic E-state index is -0.333. The standard InChI is InChI=1S/C13H20N2O3S/c1-18-13(17)9-10(11-5-4-8-19-11)15-12(16)6-2-3-7-14/h4-5,8,10H,2-3,6-7,9,14H2,1H3,(H,15,16). The minimum Gasteiger partial charge on any atom is -0.469 e. The lowest BCUT2D eigenvalue weighted by Crippen LogP contribution is -2.29. The van der Waals surface area contributed by atoms with Gasteiger partial charge < -0.3 is 15.8 Å². The first-order valence-corrected chi connectivity index (χ1v) is 7.15. The number of nitrogens with one attached hydrogen (secondary N) is 1. The number of unbranched alkanes of at least 4 members (excludes halogenated alkanes) is 1. The maximum atomic E-state index is 11.8. The van der Waals surface area contributed by atoms with E-state index in [-0.39, 0.29) is 24.3 Å². The summed E-state index contributed by atoms with van der Waals surface area (Å²) in [6.45, 7) is 0.587. The van der Waals surface area contributed by atoms with Crippen molar-refractivity contribution >= 4 is 23.2 Å². The van der Waals surface area contributed by atoms with Crippen molar-refractivity contribution < 1.29 is 14.3 Å². The number of amides is 1. The van der Waals surface area contributed by atoms with Gasteiger partial charge in [0.05, 0.1) is 19.6 Å². The van der Waals surface area contributed by atoms with E-state index in [0.29, 0.717) is 13.0 Å². The summed E-state index contributed by atoms with van der Waals surface area (Å²) in [4.78, 5) is 24.1. The molecule has 1 aromatic rings. The summed E-state index contributed by atoms with van der Waals surface area (Å²) in [6.07, 6.45) is 2.17. The van der Waals surface area contributed by atoms with Crippen LogP contribution in [-0.4, -0.2) is 25.5 Å². The van der Waals surface area contributed by atoms with Crippen LogP contribution in [0.15, 0.2) is 17.5 Å². The highest BCUT2D eigenvalue weighted by Crippen LogP contribution is 2.22. The first kappa shape index (κ1) is 15.7. The molecule has 6 heteroatoms. The molecule has 0 aromatic carbocycles. The van der Waals surface area contributed by atoms with Crippen LogP contribution in [0.5, 0.6) is 0 Å². The molecular formula is C13H20N2O3S. The normalized spacial score (nSPS) is 11.9. The minimum absolute atomic E-state index is 0.0595. The second kappa shape index (κ2) is 8.66. The fourth-order valence-corrected chi connectivity index (χ4v) is 2.44. The Morgan fingerprint density at radius 2 is 2.26 bits per heavy atom. The predicted octanol–water partition coefficient (Wildman–Crippen LogP) is 1.60. The van der Waals surface area contributed by atoms with Gasteiger partial charge in [0.2, 0.25) is 5.91 Å². The van der Waals surface area contributed by atoms with Crippen molar-refractivity contribution in [3.05, 3.63) is 22.4 Å². The quantitative estimate of drug-likeness (QED) is 0.561. The zero-order valence-electron chi connectivity index (χ0n) is 11.1. The van der Waals surface area contributed by atoms with Crippen LogP contribution in [0.25, 0.3) is 0 Å². The Kier molecular flexibility index (Phi) is 7.14. The van der Waals surface area contributed by atoms with Gasteiger partial charge >= 0.3 is 5.97 Å². The van der Waals surface area contributed by atoms with Crippen molar-refractivity contribution in [3.63, 3.8) is 0 Å². The molecule has 0 aliphatic carbocycles. The maximum absolute atomic E-state index is 11.8. The van der Waals surface area contributed by atoms with Gasteiger partial charge in [0.25, 0.3) is 0 Å². The van der Waals surface area contributed by atoms with Crippen LogP contribution in [0, 0.1) is 0 Å². The van der Waals surface area contributed by atoms with Gasteiger partial charge in [-0.1, -0.05) is 6.07 Å². The van der Waals surface area contributed by atoms with E-state index in [1.807, 2.05) is 17.5 Å². The highest BCUT2D eigenvalue weighted by Gasteiger charge is 2.19. The molecule has 1 amide bonds. The second-order valence-corrected chi connectivity index (χ2v) is 5.14. The van der Waals surface area contributed by atoms with E-state index >= 15 is 0 Å². The first-order chi connectivity index (χ1) is 9.17. The lowest BCUT2D eigenvalue weighted by Gasteiger charge is -2.16. The van der Waals surface area contributed by atoms with Crippen molar-refractivity contribution in [1.82, 2.24) is 5.32 Å². The van der Waals surface area contributed by atoms with Gasteiger partial charge in [-0.05, 0) is 30.8 Å². The van der Waals surface area contributed by atoms with Crippen molar-refractivity contribution in [1.29, 1.82) is 0 Å². The van der Waals surface area contributed by atoms with Gasteiger partial charge in [0.15, 0.2) is 0 Å². The summed E-state index contributed by atoms with van der Waals surface area (Å²) < 4.78 is 4.66. The first-order valence-electron chi connectivity index (χ1n) is 6.27. The summed E-state index contributed by atoms with van der Waals surface area (Å²) in [7, 11) is 1.34. The SMILES string of the molecule is COC(=O)CC(NC(=O)CCCCN)c1cccs1. The fraction of sp³-hybridized carbons (Fsp3) is 0.538. The number of hydrogen-bond donors (Lipinski definition) is 2. The van der Waals surface area contributed by atoms with Crippen molar-refractivity contribution in [2.75, 3.05) is 13.7 Å². The molecule has 19 heavy (non-hydrogen) atoms. The highest BCUT2D eigenvalue weighted by molar-refractivity contribution is 7.10. The maximum Gasteiger partial charge on any atom is 0.307 e. The molecule has 0 radical (unpaired) electrons. The molecule has 1 atom stereocenters. The number of thiophene rings is 1. The van der Waals surface area contributed by atoms with Crippen molar-refractivity contribution in [2.45, 2.75) is 31.7 Å². The third kappa shape index (κ3) is 5.85. The molecule has 0 fully saturated rings. The molecule has 1 aromatic heterocycles. The summed E-state index contributed by atoms with van der Waals surface area (Å²) in [5.74, 6) is -0.392. The van der Waals surface area contributed by atoms with Crippen LogP contribution in [0.1, 0.15) is 36.6 Å². The van der Waals surface area contributed by atoms with Crippen molar-refractivity contribution in [2.24, 2.45) is 5.73 Å². The van der Waals surface area contributed by atoms with Crippen LogP contribution in [0.2, 0.25) is 0 Å². The van der Waals surface area contributed by atoms with E-state index < -0.39 is 0 Å². The molecule has 106 valence electrons. The van der Waals surface area contributed by atoms with Crippen LogP contribution < -0.4 is 11.1 Å². The smallest absolute Gasteiger partial charge is 0.307 e. The van der Waals surface area contributed by atoms with Crippen LogP contribution in [0.4, 0.5) is 0 Å². The number of ether oxygens (including phenoxy) is 1. The Hall–Kier alpha value is -1.40. The lowest BCUT2D eigenvalue weighted by molar-refractivity contribution is -0.141. The fourth-order valence-electron chi connectivity index (χ4n) is 1.66. The third-order valence-electron chi connectivity index (χ3n) is 2.68. The Morgan fingerprint density at radius 1 is 1.47 bits per heavy atom. The third-order valence-corrected chi connectivity index (χ3v) is 3.66. The molecule has 1 heterocycles. The second-order valence-electron chi connectivity index (χ2n) is 4.16. The number of esters is 1. The van der Waals surface area contributed by atoms with E-state index in [1.165, 1.54) is 18.4 Å². The van der Waals surface area contributed by atoms with E-state index in [0.717, 1.165) is 17.7 Å². The van der Waals surface area contributed by atoms with Gasteiger partial charge in [-0.15, -0.1) is 11.3 Å². The number of carbonyl (C=O) groups excluding carboxylic acids is 2. The van der Waals surface area contributed by atoms with Gasteiger partial charge in [-0.25, -0.2) is 0 Å². The molecule has 0 aliphatic rings. The summed E-state index contributed by atoms with van der Waals surface area (Å²) in [6, 6.07) is 3.49. The zero-order valence-corrected chi connectivity index (χ0v) is 11.9. The van der Waals surface area contributed by atoms with Gasteiger partial charge in [-0.3, -0.25) is 9.59 Å². The number of carbonyl (C=O) groups is 2. The Bertz CT molecular complexity index is 393. The Labute approximate surface area is 117 Å². The number of methoxy groups -OCH3 is 1. The van der Waals surface area contributed by atoms with E-state index in [4.69, 9.17) is 5.73 Å². The van der Waals surface area contributed by atoms with Crippen molar-refractivity contribution in [3.8, 4) is 0 Å². The average Bonchev–Trinajstić information content (AvgIpc) is 2.92. The van der Waals surface area contributed by atoms with E-state index in [9.17, 15) is 9.59 Å². The molecule has 3 N–H and O–H groups in total. The molecule has 1 rings (SSSR count). The van der Waals surface area contributed by atoms with Crippen LogP contribution in [-0.2, 0) is 14.3 Å².